The van der Waals surface area contributed by atoms with Gasteiger partial charge in [0.1, 0.15) is 11.7 Å². The molecule has 0 aliphatic carbocycles. The number of carbonyl (C=O) groups excluding carboxylic acids is 1. The summed E-state index contributed by atoms with van der Waals surface area (Å²) < 4.78 is 10.6. The largest absolute Gasteiger partial charge is 0.454 e. The van der Waals surface area contributed by atoms with Crippen LogP contribution in [0.5, 0.6) is 11.5 Å². The Morgan fingerprint density at radius 3 is 2.69 bits per heavy atom. The molecule has 2 aromatic carbocycles. The smallest absolute Gasteiger partial charge is 0.231 e. The highest BCUT2D eigenvalue weighted by Crippen LogP contribution is 2.34. The normalized spacial score (nSPS) is 24.5. The number of amides is 1. The van der Waals surface area contributed by atoms with Gasteiger partial charge in [-0.2, -0.15) is 0 Å². The molecule has 0 saturated carbocycles. The molecule has 2 aromatic rings. The van der Waals surface area contributed by atoms with Crippen molar-refractivity contribution in [3.63, 3.8) is 0 Å². The second-order valence-electron chi connectivity index (χ2n) is 6.76. The van der Waals surface area contributed by atoms with E-state index in [-0.39, 0.29) is 25.7 Å². The van der Waals surface area contributed by atoms with Crippen molar-refractivity contribution in [1.82, 2.24) is 4.90 Å². The highest BCUT2D eigenvalue weighted by molar-refractivity contribution is 5.79. The van der Waals surface area contributed by atoms with Crippen molar-refractivity contribution in [1.29, 1.82) is 0 Å². The average Bonchev–Trinajstić information content (AvgIpc) is 3.12. The van der Waals surface area contributed by atoms with E-state index >= 15 is 0 Å². The van der Waals surface area contributed by atoms with Gasteiger partial charge in [0, 0.05) is 19.5 Å². The van der Waals surface area contributed by atoms with E-state index in [1.165, 1.54) is 0 Å². The topological polar surface area (TPSA) is 79.2 Å². The molecule has 2 atom stereocenters. The maximum Gasteiger partial charge on any atom is 0.231 e. The molecule has 2 aliphatic rings. The van der Waals surface area contributed by atoms with Crippen molar-refractivity contribution in [3.8, 4) is 11.5 Å². The number of hydrogen-bond donors (Lipinski definition) is 2. The fourth-order valence-electron chi connectivity index (χ4n) is 3.55. The fourth-order valence-corrected chi connectivity index (χ4v) is 3.55. The molecule has 1 amide bonds. The highest BCUT2D eigenvalue weighted by atomic mass is 16.7. The number of fused-ring (bicyclic) bond motifs is 1. The first-order valence-electron chi connectivity index (χ1n) is 8.68. The third kappa shape index (κ3) is 3.02. The SMILES string of the molecule is O=C(Cc1ccc2c(c1)OCO2)N1CC[C@](O)(c2ccccc2)[C@@H](O)C1. The molecule has 2 aliphatic heterocycles. The molecule has 0 aromatic heterocycles. The van der Waals surface area contributed by atoms with Gasteiger partial charge < -0.3 is 24.6 Å². The molecule has 0 radical (unpaired) electrons. The number of β-amino-alcohol motifs (C(OH)–C–C–N with tert-alkyl or cyclic N) is 1. The summed E-state index contributed by atoms with van der Waals surface area (Å²) in [7, 11) is 0. The Morgan fingerprint density at radius 1 is 1.15 bits per heavy atom. The van der Waals surface area contributed by atoms with Crippen LogP contribution in [-0.4, -0.2) is 47.0 Å². The van der Waals surface area contributed by atoms with Gasteiger partial charge in [-0.15, -0.1) is 0 Å². The minimum atomic E-state index is -1.32. The summed E-state index contributed by atoms with van der Waals surface area (Å²) >= 11 is 0. The fraction of sp³-hybridized carbons (Fsp3) is 0.350. The molecule has 26 heavy (non-hydrogen) atoms. The molecule has 0 spiro atoms. The van der Waals surface area contributed by atoms with Crippen LogP contribution < -0.4 is 9.47 Å². The summed E-state index contributed by atoms with van der Waals surface area (Å²) in [6, 6.07) is 14.6. The predicted molar refractivity (Wildman–Crippen MR) is 93.8 cm³/mol. The zero-order chi connectivity index (χ0) is 18.1. The number of likely N-dealkylation sites (tertiary alicyclic amines) is 1. The Kier molecular flexibility index (Phi) is 4.30. The number of nitrogens with zero attached hydrogens (tertiary/aromatic N) is 1. The number of rotatable bonds is 3. The summed E-state index contributed by atoms with van der Waals surface area (Å²) in [6.07, 6.45) is -0.516. The lowest BCUT2D eigenvalue weighted by atomic mass is 9.82. The monoisotopic (exact) mass is 355 g/mol. The van der Waals surface area contributed by atoms with Gasteiger partial charge in [-0.25, -0.2) is 0 Å². The summed E-state index contributed by atoms with van der Waals surface area (Å²) in [6.45, 7) is 0.698. The van der Waals surface area contributed by atoms with Gasteiger partial charge >= 0.3 is 0 Å². The molecule has 4 rings (SSSR count). The molecular formula is C20H21NO5. The van der Waals surface area contributed by atoms with E-state index in [0.717, 1.165) is 5.56 Å². The van der Waals surface area contributed by atoms with Crippen LogP contribution in [0.25, 0.3) is 0 Å². The molecule has 0 unspecified atom stereocenters. The highest BCUT2D eigenvalue weighted by Gasteiger charge is 2.43. The molecule has 2 heterocycles. The molecule has 6 nitrogen and oxygen atoms in total. The first kappa shape index (κ1) is 16.9. The van der Waals surface area contributed by atoms with Crippen LogP contribution in [0.1, 0.15) is 17.5 Å². The third-order valence-electron chi connectivity index (χ3n) is 5.13. The lowest BCUT2D eigenvalue weighted by molar-refractivity contribution is -0.151. The average molecular weight is 355 g/mol. The van der Waals surface area contributed by atoms with Gasteiger partial charge in [0.15, 0.2) is 11.5 Å². The first-order valence-corrected chi connectivity index (χ1v) is 8.68. The minimum absolute atomic E-state index is 0.0852. The second-order valence-corrected chi connectivity index (χ2v) is 6.76. The molecule has 0 bridgehead atoms. The number of carbonyl (C=O) groups is 1. The number of benzene rings is 2. The van der Waals surface area contributed by atoms with E-state index in [1.54, 1.807) is 29.2 Å². The van der Waals surface area contributed by atoms with Crippen LogP contribution >= 0.6 is 0 Å². The number of aliphatic hydroxyl groups is 2. The Balaban J connectivity index is 1.43. The van der Waals surface area contributed by atoms with Crippen LogP contribution in [0.3, 0.4) is 0 Å². The van der Waals surface area contributed by atoms with Gasteiger partial charge in [-0.05, 0) is 23.3 Å². The van der Waals surface area contributed by atoms with Gasteiger partial charge in [0.25, 0.3) is 0 Å². The van der Waals surface area contributed by atoms with Crippen LogP contribution in [-0.2, 0) is 16.8 Å². The Hall–Kier alpha value is -2.57. The standard InChI is InChI=1S/C20H21NO5/c22-18-12-21(9-8-20(18,24)15-4-2-1-3-5-15)19(23)11-14-6-7-16-17(10-14)26-13-25-16/h1-7,10,18,22,24H,8-9,11-13H2/t18-,20-/m0/s1. The number of aliphatic hydroxyl groups excluding tert-OH is 1. The number of ether oxygens (including phenoxy) is 2. The first-order chi connectivity index (χ1) is 12.6. The van der Waals surface area contributed by atoms with Gasteiger partial charge in [0.05, 0.1) is 6.42 Å². The van der Waals surface area contributed by atoms with Crippen LogP contribution in [0.15, 0.2) is 48.5 Å². The molecule has 6 heteroatoms. The van der Waals surface area contributed by atoms with E-state index in [9.17, 15) is 15.0 Å². The second kappa shape index (κ2) is 6.63. The Bertz CT molecular complexity index is 809. The Morgan fingerprint density at radius 2 is 1.92 bits per heavy atom. The lowest BCUT2D eigenvalue weighted by Crippen LogP contribution is -2.55. The van der Waals surface area contributed by atoms with E-state index in [4.69, 9.17) is 9.47 Å². The third-order valence-corrected chi connectivity index (χ3v) is 5.13. The number of piperidine rings is 1. The van der Waals surface area contributed by atoms with Crippen molar-refractivity contribution in [2.75, 3.05) is 19.9 Å². The van der Waals surface area contributed by atoms with Crippen molar-refractivity contribution >= 4 is 5.91 Å². The summed E-state index contributed by atoms with van der Waals surface area (Å²) in [4.78, 5) is 14.2. The van der Waals surface area contributed by atoms with Crippen LogP contribution in [0.4, 0.5) is 0 Å². The van der Waals surface area contributed by atoms with E-state index in [0.29, 0.717) is 30.0 Å². The predicted octanol–water partition coefficient (Wildman–Crippen LogP) is 1.44. The molecular weight excluding hydrogens is 334 g/mol. The summed E-state index contributed by atoms with van der Waals surface area (Å²) in [5, 5.41) is 21.4. The summed E-state index contributed by atoms with van der Waals surface area (Å²) in [5.41, 5.74) is 0.185. The van der Waals surface area contributed by atoms with Crippen LogP contribution in [0, 0.1) is 0 Å². The number of hydrogen-bond acceptors (Lipinski definition) is 5. The van der Waals surface area contributed by atoms with E-state index in [1.807, 2.05) is 24.3 Å². The quantitative estimate of drug-likeness (QED) is 0.871. The Labute approximate surface area is 151 Å². The minimum Gasteiger partial charge on any atom is -0.454 e. The van der Waals surface area contributed by atoms with E-state index in [2.05, 4.69) is 0 Å². The van der Waals surface area contributed by atoms with Crippen molar-refractivity contribution in [2.24, 2.45) is 0 Å². The molecule has 2 N–H and O–H groups in total. The van der Waals surface area contributed by atoms with Crippen molar-refractivity contribution in [2.45, 2.75) is 24.5 Å². The van der Waals surface area contributed by atoms with Crippen molar-refractivity contribution < 1.29 is 24.5 Å². The van der Waals surface area contributed by atoms with Crippen molar-refractivity contribution in [3.05, 3.63) is 59.7 Å². The van der Waals surface area contributed by atoms with Gasteiger partial charge in [-0.3, -0.25) is 4.79 Å². The van der Waals surface area contributed by atoms with Gasteiger partial charge in [0.2, 0.25) is 12.7 Å². The maximum atomic E-state index is 12.6. The van der Waals surface area contributed by atoms with Crippen LogP contribution in [0.2, 0.25) is 0 Å². The van der Waals surface area contributed by atoms with E-state index < -0.39 is 11.7 Å². The molecule has 1 saturated heterocycles. The molecule has 1 fully saturated rings. The molecule has 136 valence electrons. The zero-order valence-corrected chi connectivity index (χ0v) is 14.3. The lowest BCUT2D eigenvalue weighted by Gasteiger charge is -2.42. The summed E-state index contributed by atoms with van der Waals surface area (Å²) in [5.74, 6) is 1.24. The van der Waals surface area contributed by atoms with Gasteiger partial charge in [-0.1, -0.05) is 36.4 Å². The maximum absolute atomic E-state index is 12.6. The zero-order valence-electron chi connectivity index (χ0n) is 14.3.